The molecule has 0 atom stereocenters. The van der Waals surface area contributed by atoms with E-state index in [0.717, 1.165) is 5.69 Å². The molecule has 0 radical (unpaired) electrons. The summed E-state index contributed by atoms with van der Waals surface area (Å²) in [6, 6.07) is 8.35. The van der Waals surface area contributed by atoms with Gasteiger partial charge in [-0.2, -0.15) is 5.10 Å². The number of fused-ring (bicyclic) bond motifs is 1. The first-order chi connectivity index (χ1) is 12.6. The second kappa shape index (κ2) is 7.83. The molecule has 1 aliphatic rings. The van der Waals surface area contributed by atoms with E-state index in [1.165, 1.54) is 19.4 Å². The van der Waals surface area contributed by atoms with Crippen LogP contribution in [0.4, 0.5) is 5.69 Å². The second-order valence-electron chi connectivity index (χ2n) is 5.27. The van der Waals surface area contributed by atoms with Gasteiger partial charge in [-0.05, 0) is 29.8 Å². The zero-order valence-corrected chi connectivity index (χ0v) is 14.5. The van der Waals surface area contributed by atoms with Crippen molar-refractivity contribution in [2.24, 2.45) is 5.10 Å². The highest BCUT2D eigenvalue weighted by Gasteiger charge is 2.13. The van der Waals surface area contributed by atoms with Crippen LogP contribution in [0.25, 0.3) is 0 Å². The van der Waals surface area contributed by atoms with Crippen LogP contribution >= 0.6 is 11.6 Å². The van der Waals surface area contributed by atoms with Gasteiger partial charge in [0.05, 0.1) is 24.9 Å². The smallest absolute Gasteiger partial charge is 0.259 e. The van der Waals surface area contributed by atoms with E-state index in [-0.39, 0.29) is 35.8 Å². The SMILES string of the molecule is COc1cc(/C=N\NC(=O)CNc2ccc3c(c2)OCO3)cc(Cl)c1O. The summed E-state index contributed by atoms with van der Waals surface area (Å²) in [5.74, 6) is 1.04. The van der Waals surface area contributed by atoms with Gasteiger partial charge >= 0.3 is 0 Å². The summed E-state index contributed by atoms with van der Waals surface area (Å²) in [5.41, 5.74) is 3.68. The maximum absolute atomic E-state index is 11.9. The summed E-state index contributed by atoms with van der Waals surface area (Å²) in [7, 11) is 1.41. The molecule has 0 aromatic heterocycles. The minimum absolute atomic E-state index is 0.0244. The molecule has 0 saturated heterocycles. The summed E-state index contributed by atoms with van der Waals surface area (Å²) in [6.45, 7) is 0.219. The van der Waals surface area contributed by atoms with Crippen molar-refractivity contribution in [1.82, 2.24) is 5.43 Å². The van der Waals surface area contributed by atoms with Gasteiger partial charge in [0.2, 0.25) is 6.79 Å². The Hall–Kier alpha value is -3.13. The van der Waals surface area contributed by atoms with Crippen LogP contribution in [0, 0.1) is 0 Å². The number of carbonyl (C=O) groups is 1. The number of amides is 1. The number of nitrogens with one attached hydrogen (secondary N) is 2. The van der Waals surface area contributed by atoms with Gasteiger partial charge in [-0.25, -0.2) is 5.43 Å². The van der Waals surface area contributed by atoms with Crippen LogP contribution in [0.1, 0.15) is 5.56 Å². The van der Waals surface area contributed by atoms with Gasteiger partial charge in [0.15, 0.2) is 23.0 Å². The number of anilines is 1. The molecular weight excluding hydrogens is 362 g/mol. The van der Waals surface area contributed by atoms with Gasteiger partial charge in [-0.1, -0.05) is 11.6 Å². The molecule has 2 aromatic rings. The average Bonchev–Trinajstić information content (AvgIpc) is 3.10. The van der Waals surface area contributed by atoms with E-state index < -0.39 is 0 Å². The number of halogens is 1. The zero-order valence-electron chi connectivity index (χ0n) is 13.8. The van der Waals surface area contributed by atoms with E-state index in [9.17, 15) is 9.90 Å². The first-order valence-electron chi connectivity index (χ1n) is 7.59. The lowest BCUT2D eigenvalue weighted by atomic mass is 10.2. The summed E-state index contributed by atoms with van der Waals surface area (Å²) in [4.78, 5) is 11.9. The molecule has 0 spiro atoms. The first-order valence-corrected chi connectivity index (χ1v) is 7.96. The second-order valence-corrected chi connectivity index (χ2v) is 5.68. The number of hydrazone groups is 1. The molecule has 0 aliphatic carbocycles. The molecule has 9 heteroatoms. The zero-order chi connectivity index (χ0) is 18.5. The highest BCUT2D eigenvalue weighted by Crippen LogP contribution is 2.35. The molecule has 1 aliphatic heterocycles. The van der Waals surface area contributed by atoms with Gasteiger partial charge in [-0.15, -0.1) is 0 Å². The summed E-state index contributed by atoms with van der Waals surface area (Å²) >= 11 is 5.89. The van der Waals surface area contributed by atoms with Gasteiger partial charge in [0.25, 0.3) is 5.91 Å². The van der Waals surface area contributed by atoms with Gasteiger partial charge in [0, 0.05) is 11.8 Å². The Morgan fingerprint density at radius 3 is 2.96 bits per heavy atom. The number of phenols is 1. The Bertz CT molecular complexity index is 857. The van der Waals surface area contributed by atoms with E-state index in [1.54, 1.807) is 24.3 Å². The van der Waals surface area contributed by atoms with Crippen LogP contribution in [-0.4, -0.2) is 37.7 Å². The Kier molecular flexibility index (Phi) is 5.33. The van der Waals surface area contributed by atoms with E-state index in [0.29, 0.717) is 17.1 Å². The normalized spacial score (nSPS) is 12.2. The first kappa shape index (κ1) is 17.7. The summed E-state index contributed by atoms with van der Waals surface area (Å²) in [6.07, 6.45) is 1.40. The quantitative estimate of drug-likeness (QED) is 0.527. The molecule has 2 aromatic carbocycles. The van der Waals surface area contributed by atoms with E-state index in [4.69, 9.17) is 25.8 Å². The molecule has 3 N–H and O–H groups in total. The Balaban J connectivity index is 1.52. The van der Waals surface area contributed by atoms with Crippen LogP contribution in [0.3, 0.4) is 0 Å². The standard InChI is InChI=1S/C17H16ClN3O5/c1-24-15-5-10(4-12(18)17(15)23)7-20-21-16(22)8-19-11-2-3-13-14(6-11)26-9-25-13/h2-7,19,23H,8-9H2,1H3,(H,21,22)/b20-7-. The Labute approximate surface area is 154 Å². The van der Waals surface area contributed by atoms with Crippen molar-refractivity contribution < 1.29 is 24.1 Å². The van der Waals surface area contributed by atoms with Crippen molar-refractivity contribution in [3.63, 3.8) is 0 Å². The molecular formula is C17H16ClN3O5. The number of methoxy groups -OCH3 is 1. The lowest BCUT2D eigenvalue weighted by Crippen LogP contribution is -2.25. The number of nitrogens with zero attached hydrogens (tertiary/aromatic N) is 1. The molecule has 0 bridgehead atoms. The molecule has 26 heavy (non-hydrogen) atoms. The van der Waals surface area contributed by atoms with Crippen molar-refractivity contribution in [2.75, 3.05) is 25.8 Å². The molecule has 1 heterocycles. The van der Waals surface area contributed by atoms with Crippen LogP contribution in [0.2, 0.25) is 5.02 Å². The summed E-state index contributed by atoms with van der Waals surface area (Å²) < 4.78 is 15.5. The molecule has 8 nitrogen and oxygen atoms in total. The molecule has 0 fully saturated rings. The molecule has 136 valence electrons. The monoisotopic (exact) mass is 377 g/mol. The third kappa shape index (κ3) is 4.09. The van der Waals surface area contributed by atoms with E-state index >= 15 is 0 Å². The third-order valence-electron chi connectivity index (χ3n) is 3.50. The third-order valence-corrected chi connectivity index (χ3v) is 3.79. The number of benzene rings is 2. The number of hydrogen-bond donors (Lipinski definition) is 3. The lowest BCUT2D eigenvalue weighted by molar-refractivity contribution is -0.119. The van der Waals surface area contributed by atoms with Crippen LogP contribution in [-0.2, 0) is 4.79 Å². The largest absolute Gasteiger partial charge is 0.503 e. The Morgan fingerprint density at radius 2 is 2.15 bits per heavy atom. The number of aromatic hydroxyl groups is 1. The average molecular weight is 378 g/mol. The van der Waals surface area contributed by atoms with Crippen molar-refractivity contribution in [3.05, 3.63) is 40.9 Å². The van der Waals surface area contributed by atoms with Gasteiger partial charge < -0.3 is 24.6 Å². The lowest BCUT2D eigenvalue weighted by Gasteiger charge is -2.07. The maximum atomic E-state index is 11.9. The van der Waals surface area contributed by atoms with Crippen molar-refractivity contribution in [2.45, 2.75) is 0 Å². The van der Waals surface area contributed by atoms with Crippen molar-refractivity contribution in [3.8, 4) is 23.0 Å². The van der Waals surface area contributed by atoms with Crippen LogP contribution < -0.4 is 25.0 Å². The van der Waals surface area contributed by atoms with Crippen LogP contribution in [0.15, 0.2) is 35.4 Å². The van der Waals surface area contributed by atoms with Crippen LogP contribution in [0.5, 0.6) is 23.0 Å². The number of hydrogen-bond acceptors (Lipinski definition) is 7. The number of ether oxygens (including phenoxy) is 3. The van der Waals surface area contributed by atoms with Gasteiger partial charge in [-0.3, -0.25) is 4.79 Å². The Morgan fingerprint density at radius 1 is 1.35 bits per heavy atom. The topological polar surface area (TPSA) is 101 Å². The van der Waals surface area contributed by atoms with E-state index in [1.807, 2.05) is 0 Å². The van der Waals surface area contributed by atoms with Crippen molar-refractivity contribution in [1.29, 1.82) is 0 Å². The highest BCUT2D eigenvalue weighted by molar-refractivity contribution is 6.32. The fourth-order valence-electron chi connectivity index (χ4n) is 2.23. The molecule has 0 unspecified atom stereocenters. The minimum atomic E-state index is -0.337. The van der Waals surface area contributed by atoms with Gasteiger partial charge in [0.1, 0.15) is 0 Å². The minimum Gasteiger partial charge on any atom is -0.503 e. The predicted molar refractivity (Wildman–Crippen MR) is 96.5 cm³/mol. The molecule has 3 rings (SSSR count). The molecule has 1 amide bonds. The fraction of sp³-hybridized carbons (Fsp3) is 0.176. The fourth-order valence-corrected chi connectivity index (χ4v) is 2.45. The number of carbonyl (C=O) groups excluding carboxylic acids is 1. The summed E-state index contributed by atoms with van der Waals surface area (Å²) in [5, 5.41) is 16.6. The number of phenolic OH excluding ortho intramolecular Hbond substituents is 1. The van der Waals surface area contributed by atoms with E-state index in [2.05, 4.69) is 15.8 Å². The number of rotatable bonds is 6. The van der Waals surface area contributed by atoms with Crippen molar-refractivity contribution >= 4 is 29.4 Å². The molecule has 0 saturated carbocycles. The highest BCUT2D eigenvalue weighted by atomic mass is 35.5. The predicted octanol–water partition coefficient (Wildman–Crippen LogP) is 2.35. The maximum Gasteiger partial charge on any atom is 0.259 e.